The molecule has 4 N–H and O–H groups in total. The van der Waals surface area contributed by atoms with E-state index in [9.17, 15) is 8.42 Å². The summed E-state index contributed by atoms with van der Waals surface area (Å²) >= 11 is 5.75. The molecular weight excluding hydrogens is 288 g/mol. The van der Waals surface area contributed by atoms with Gasteiger partial charge in [0.1, 0.15) is 4.90 Å². The second-order valence-corrected chi connectivity index (χ2v) is 6.18. The first-order valence-electron chi connectivity index (χ1n) is 5.46. The average molecular weight is 301 g/mol. The molecule has 1 aromatic carbocycles. The van der Waals surface area contributed by atoms with Crippen molar-refractivity contribution in [1.29, 1.82) is 0 Å². The van der Waals surface area contributed by atoms with Crippen LogP contribution in [0.4, 0.5) is 5.69 Å². The minimum absolute atomic E-state index is 0.00671. The molecule has 0 saturated carbocycles. The summed E-state index contributed by atoms with van der Waals surface area (Å²) in [5.74, 6) is 0. The molecule has 0 fully saturated rings. The maximum Gasteiger partial charge on any atom is 0.243 e. The second kappa shape index (κ2) is 5.20. The van der Waals surface area contributed by atoms with Crippen molar-refractivity contribution in [3.8, 4) is 0 Å². The van der Waals surface area contributed by atoms with Crippen molar-refractivity contribution in [2.45, 2.75) is 17.9 Å². The standard InChI is InChI=1S/C11H13ClN4O2S/c1-7(8-5-14-15-6-8)16-19(17,18)11-3-2-9(12)4-10(11)13/h2-7,16H,13H2,1H3,(H,14,15). The van der Waals surface area contributed by atoms with Crippen molar-refractivity contribution in [2.24, 2.45) is 0 Å². The van der Waals surface area contributed by atoms with E-state index in [1.165, 1.54) is 18.2 Å². The second-order valence-electron chi connectivity index (χ2n) is 4.06. The van der Waals surface area contributed by atoms with Gasteiger partial charge in [0.2, 0.25) is 10.0 Å². The Kier molecular flexibility index (Phi) is 3.79. The van der Waals surface area contributed by atoms with Gasteiger partial charge in [0, 0.05) is 22.8 Å². The number of benzene rings is 1. The predicted molar refractivity (Wildman–Crippen MR) is 73.2 cm³/mol. The number of sulfonamides is 1. The van der Waals surface area contributed by atoms with Crippen molar-refractivity contribution >= 4 is 27.3 Å². The van der Waals surface area contributed by atoms with Crippen LogP contribution >= 0.6 is 11.6 Å². The van der Waals surface area contributed by atoms with E-state index in [2.05, 4.69) is 14.9 Å². The molecular formula is C11H13ClN4O2S. The largest absolute Gasteiger partial charge is 0.398 e. The number of anilines is 1. The first-order valence-corrected chi connectivity index (χ1v) is 7.32. The zero-order valence-corrected chi connectivity index (χ0v) is 11.7. The Morgan fingerprint density at radius 2 is 2.21 bits per heavy atom. The average Bonchev–Trinajstić information content (AvgIpc) is 2.80. The van der Waals surface area contributed by atoms with Crippen molar-refractivity contribution in [1.82, 2.24) is 14.9 Å². The van der Waals surface area contributed by atoms with Crippen LogP contribution in [0, 0.1) is 0 Å². The van der Waals surface area contributed by atoms with E-state index in [0.29, 0.717) is 5.02 Å². The minimum Gasteiger partial charge on any atom is -0.398 e. The monoisotopic (exact) mass is 300 g/mol. The molecule has 0 aliphatic rings. The van der Waals surface area contributed by atoms with Crippen LogP contribution in [0.2, 0.25) is 5.02 Å². The molecule has 0 bridgehead atoms. The van der Waals surface area contributed by atoms with Gasteiger partial charge in [-0.15, -0.1) is 0 Å². The molecule has 1 unspecified atom stereocenters. The molecule has 102 valence electrons. The van der Waals surface area contributed by atoms with Crippen LogP contribution in [0.15, 0.2) is 35.5 Å². The molecule has 0 radical (unpaired) electrons. The predicted octanol–water partition coefficient (Wildman–Crippen LogP) is 1.68. The summed E-state index contributed by atoms with van der Waals surface area (Å²) < 4.78 is 26.9. The summed E-state index contributed by atoms with van der Waals surface area (Å²) in [6.45, 7) is 1.72. The number of nitrogens with one attached hydrogen (secondary N) is 2. The number of halogens is 1. The highest BCUT2D eigenvalue weighted by Crippen LogP contribution is 2.24. The van der Waals surface area contributed by atoms with E-state index in [0.717, 1.165) is 5.56 Å². The highest BCUT2D eigenvalue weighted by molar-refractivity contribution is 7.89. The van der Waals surface area contributed by atoms with Gasteiger partial charge in [0.05, 0.1) is 11.9 Å². The fourth-order valence-corrected chi connectivity index (χ4v) is 3.15. The number of aromatic amines is 1. The highest BCUT2D eigenvalue weighted by Gasteiger charge is 2.21. The first kappa shape index (κ1) is 13.9. The Bertz CT molecular complexity index is 670. The maximum absolute atomic E-state index is 12.2. The summed E-state index contributed by atoms with van der Waals surface area (Å²) in [6, 6.07) is 3.84. The third kappa shape index (κ3) is 3.06. The van der Waals surface area contributed by atoms with Gasteiger partial charge in [0.15, 0.2) is 0 Å². The third-order valence-electron chi connectivity index (χ3n) is 2.61. The number of nitrogen functional groups attached to an aromatic ring is 1. The molecule has 19 heavy (non-hydrogen) atoms. The maximum atomic E-state index is 12.2. The van der Waals surface area contributed by atoms with Gasteiger partial charge in [-0.1, -0.05) is 11.6 Å². The van der Waals surface area contributed by atoms with Gasteiger partial charge in [-0.25, -0.2) is 13.1 Å². The molecule has 6 nitrogen and oxygen atoms in total. The van der Waals surface area contributed by atoms with E-state index in [-0.39, 0.29) is 10.6 Å². The zero-order valence-electron chi connectivity index (χ0n) is 10.1. The van der Waals surface area contributed by atoms with Crippen LogP contribution in [0.25, 0.3) is 0 Å². The van der Waals surface area contributed by atoms with Crippen LogP contribution in [-0.4, -0.2) is 18.6 Å². The number of nitrogens with two attached hydrogens (primary N) is 1. The fourth-order valence-electron chi connectivity index (χ4n) is 1.63. The van der Waals surface area contributed by atoms with Crippen LogP contribution in [0.3, 0.4) is 0 Å². The minimum atomic E-state index is -3.71. The topological polar surface area (TPSA) is 101 Å². The number of hydrogen-bond acceptors (Lipinski definition) is 4. The lowest BCUT2D eigenvalue weighted by molar-refractivity contribution is 0.567. The Morgan fingerprint density at radius 3 is 2.79 bits per heavy atom. The molecule has 0 aliphatic carbocycles. The summed E-state index contributed by atoms with van der Waals surface area (Å²) in [5.41, 5.74) is 6.52. The van der Waals surface area contributed by atoms with Gasteiger partial charge in [-0.2, -0.15) is 5.10 Å². The van der Waals surface area contributed by atoms with E-state index in [4.69, 9.17) is 17.3 Å². The van der Waals surface area contributed by atoms with E-state index < -0.39 is 16.1 Å². The summed E-state index contributed by atoms with van der Waals surface area (Å²) in [5, 5.41) is 6.79. The molecule has 2 rings (SSSR count). The van der Waals surface area contributed by atoms with Gasteiger partial charge in [-0.3, -0.25) is 5.10 Å². The Hall–Kier alpha value is -1.57. The van der Waals surface area contributed by atoms with Crippen LogP contribution < -0.4 is 10.5 Å². The molecule has 0 spiro atoms. The van der Waals surface area contributed by atoms with Crippen LogP contribution in [0.5, 0.6) is 0 Å². The van der Waals surface area contributed by atoms with E-state index in [1.807, 2.05) is 0 Å². The third-order valence-corrected chi connectivity index (χ3v) is 4.46. The van der Waals surface area contributed by atoms with Crippen LogP contribution in [-0.2, 0) is 10.0 Å². The van der Waals surface area contributed by atoms with Gasteiger partial charge < -0.3 is 5.73 Å². The molecule has 1 aromatic heterocycles. The van der Waals surface area contributed by atoms with Crippen molar-refractivity contribution in [3.05, 3.63) is 41.2 Å². The Morgan fingerprint density at radius 1 is 1.47 bits per heavy atom. The van der Waals surface area contributed by atoms with Gasteiger partial charge >= 0.3 is 0 Å². The quantitative estimate of drug-likeness (QED) is 0.748. The highest BCUT2D eigenvalue weighted by atomic mass is 35.5. The lowest BCUT2D eigenvalue weighted by Crippen LogP contribution is -2.27. The smallest absolute Gasteiger partial charge is 0.243 e. The summed E-state index contributed by atoms with van der Waals surface area (Å²) in [7, 11) is -3.71. The van der Waals surface area contributed by atoms with E-state index in [1.54, 1.807) is 19.3 Å². The number of H-pyrrole nitrogens is 1. The number of aromatic nitrogens is 2. The summed E-state index contributed by atoms with van der Waals surface area (Å²) in [4.78, 5) is 0.00671. The molecule has 0 aliphatic heterocycles. The summed E-state index contributed by atoms with van der Waals surface area (Å²) in [6.07, 6.45) is 3.18. The number of hydrogen-bond donors (Lipinski definition) is 3. The van der Waals surface area contributed by atoms with Crippen molar-refractivity contribution < 1.29 is 8.42 Å². The Balaban J connectivity index is 2.28. The van der Waals surface area contributed by atoms with Gasteiger partial charge in [-0.05, 0) is 25.1 Å². The first-order chi connectivity index (χ1) is 8.90. The Labute approximate surface area is 116 Å². The van der Waals surface area contributed by atoms with Gasteiger partial charge in [0.25, 0.3) is 0 Å². The zero-order chi connectivity index (χ0) is 14.0. The SMILES string of the molecule is CC(NS(=O)(=O)c1ccc(Cl)cc1N)c1cn[nH]c1. The fraction of sp³-hybridized carbons (Fsp3) is 0.182. The van der Waals surface area contributed by atoms with Crippen molar-refractivity contribution in [2.75, 3.05) is 5.73 Å². The lowest BCUT2D eigenvalue weighted by atomic mass is 10.2. The number of rotatable bonds is 4. The molecule has 0 saturated heterocycles. The normalized spacial score (nSPS) is 13.4. The van der Waals surface area contributed by atoms with Crippen molar-refractivity contribution in [3.63, 3.8) is 0 Å². The lowest BCUT2D eigenvalue weighted by Gasteiger charge is -2.14. The van der Waals surface area contributed by atoms with E-state index >= 15 is 0 Å². The molecule has 2 aromatic rings. The molecule has 1 atom stereocenters. The molecule has 1 heterocycles. The molecule has 8 heteroatoms. The molecule has 0 amide bonds. The van der Waals surface area contributed by atoms with Crippen LogP contribution in [0.1, 0.15) is 18.5 Å². The number of nitrogens with zero attached hydrogens (tertiary/aromatic N) is 1.